The van der Waals surface area contributed by atoms with Gasteiger partial charge in [-0.2, -0.15) is 0 Å². The third-order valence-electron chi connectivity index (χ3n) is 3.95. The average Bonchev–Trinajstić information content (AvgIpc) is 2.40. The summed E-state index contributed by atoms with van der Waals surface area (Å²) in [5.41, 5.74) is 1.01. The molecule has 1 aliphatic rings. The van der Waals surface area contributed by atoms with Crippen LogP contribution in [-0.4, -0.2) is 22.7 Å². The molecule has 19 heavy (non-hydrogen) atoms. The van der Waals surface area contributed by atoms with E-state index in [1.54, 1.807) is 0 Å². The maximum atomic E-state index is 9.91. The number of halogens is 1. The van der Waals surface area contributed by atoms with E-state index in [1.807, 2.05) is 19.1 Å². The van der Waals surface area contributed by atoms with E-state index in [0.717, 1.165) is 41.8 Å². The average molecular weight is 327 g/mol. The molecule has 1 aliphatic carbocycles. The Morgan fingerprint density at radius 3 is 2.89 bits per heavy atom. The lowest BCUT2D eigenvalue weighted by Gasteiger charge is -2.27. The zero-order chi connectivity index (χ0) is 13.7. The van der Waals surface area contributed by atoms with E-state index in [0.29, 0.717) is 5.92 Å². The second-order valence-electron chi connectivity index (χ2n) is 5.44. The van der Waals surface area contributed by atoms with Crippen molar-refractivity contribution in [3.05, 3.63) is 22.3 Å². The number of hydrogen-bond donors (Lipinski definition) is 2. The van der Waals surface area contributed by atoms with E-state index in [4.69, 9.17) is 0 Å². The second-order valence-corrected chi connectivity index (χ2v) is 6.30. The van der Waals surface area contributed by atoms with Crippen molar-refractivity contribution in [2.24, 2.45) is 5.92 Å². The fourth-order valence-electron chi connectivity index (χ4n) is 2.75. The Hall–Kier alpha value is -0.610. The fourth-order valence-corrected chi connectivity index (χ4v) is 2.97. The summed E-state index contributed by atoms with van der Waals surface area (Å²) in [4.78, 5) is 4.46. The van der Waals surface area contributed by atoms with Crippen LogP contribution in [-0.2, 0) is 0 Å². The quantitative estimate of drug-likeness (QED) is 0.807. The Kier molecular flexibility index (Phi) is 5.64. The maximum Gasteiger partial charge on any atom is 0.126 e. The number of aliphatic hydroxyl groups excluding tert-OH is 1. The van der Waals surface area contributed by atoms with Crippen molar-refractivity contribution >= 4 is 21.7 Å². The Labute approximate surface area is 124 Å². The highest BCUT2D eigenvalue weighted by atomic mass is 79.9. The molecule has 2 rings (SSSR count). The van der Waals surface area contributed by atoms with Crippen LogP contribution < -0.4 is 5.32 Å². The zero-order valence-corrected chi connectivity index (χ0v) is 13.1. The first kappa shape index (κ1) is 14.8. The lowest BCUT2D eigenvalue weighted by atomic mass is 9.83. The minimum Gasteiger partial charge on any atom is -0.393 e. The van der Waals surface area contributed by atoms with Gasteiger partial charge in [-0.1, -0.05) is 12.8 Å². The molecule has 2 atom stereocenters. The van der Waals surface area contributed by atoms with Gasteiger partial charge >= 0.3 is 0 Å². The summed E-state index contributed by atoms with van der Waals surface area (Å²) in [5.74, 6) is 1.44. The fraction of sp³-hybridized carbons (Fsp3) is 0.667. The van der Waals surface area contributed by atoms with Crippen LogP contribution in [0.3, 0.4) is 0 Å². The summed E-state index contributed by atoms with van der Waals surface area (Å²) in [6.45, 7) is 2.92. The summed E-state index contributed by atoms with van der Waals surface area (Å²) in [7, 11) is 0. The molecule has 0 aliphatic heterocycles. The molecule has 0 spiro atoms. The highest BCUT2D eigenvalue weighted by Crippen LogP contribution is 2.27. The predicted octanol–water partition coefficient (Wildman–Crippen LogP) is 3.90. The molecule has 2 unspecified atom stereocenters. The van der Waals surface area contributed by atoms with Gasteiger partial charge in [-0.05, 0) is 66.6 Å². The maximum absolute atomic E-state index is 9.91. The Bertz CT molecular complexity index is 411. The first-order chi connectivity index (χ1) is 9.16. The summed E-state index contributed by atoms with van der Waals surface area (Å²) in [5, 5.41) is 13.3. The molecule has 0 saturated heterocycles. The van der Waals surface area contributed by atoms with Crippen molar-refractivity contribution in [1.29, 1.82) is 0 Å². The van der Waals surface area contributed by atoms with Gasteiger partial charge in [0.2, 0.25) is 0 Å². The topological polar surface area (TPSA) is 45.2 Å². The molecule has 0 amide bonds. The molecule has 4 heteroatoms. The number of anilines is 1. The van der Waals surface area contributed by atoms with E-state index in [1.165, 1.54) is 19.3 Å². The Morgan fingerprint density at radius 1 is 1.37 bits per heavy atom. The van der Waals surface area contributed by atoms with E-state index in [2.05, 4.69) is 26.2 Å². The lowest BCUT2D eigenvalue weighted by molar-refractivity contribution is 0.0648. The van der Waals surface area contributed by atoms with Gasteiger partial charge in [0.1, 0.15) is 5.82 Å². The van der Waals surface area contributed by atoms with Crippen molar-refractivity contribution in [1.82, 2.24) is 4.98 Å². The van der Waals surface area contributed by atoms with Crippen molar-refractivity contribution in [2.75, 3.05) is 11.9 Å². The minimum atomic E-state index is -0.0678. The zero-order valence-electron chi connectivity index (χ0n) is 11.5. The molecule has 106 valence electrons. The normalized spacial score (nSPS) is 23.3. The highest BCUT2D eigenvalue weighted by Gasteiger charge is 2.22. The number of aliphatic hydroxyl groups is 1. The van der Waals surface area contributed by atoms with Gasteiger partial charge in [0, 0.05) is 11.0 Å². The number of nitrogens with one attached hydrogen (secondary N) is 1. The number of hydrogen-bond acceptors (Lipinski definition) is 3. The van der Waals surface area contributed by atoms with Gasteiger partial charge < -0.3 is 10.4 Å². The standard InChI is InChI=1S/C15H23BrN2O/c1-11-13(16)8-9-15(18-11)17-10-4-6-12-5-2-3-7-14(12)19/h8-9,12,14,19H,2-7,10H2,1H3,(H,17,18). The number of pyridine rings is 1. The summed E-state index contributed by atoms with van der Waals surface area (Å²) in [6.07, 6.45) is 6.80. The van der Waals surface area contributed by atoms with Crippen LogP contribution >= 0.6 is 15.9 Å². The van der Waals surface area contributed by atoms with Crippen LogP contribution in [0.1, 0.15) is 44.2 Å². The van der Waals surface area contributed by atoms with Gasteiger partial charge in [-0.25, -0.2) is 4.98 Å². The van der Waals surface area contributed by atoms with Crippen LogP contribution in [0.25, 0.3) is 0 Å². The molecular formula is C15H23BrN2O. The molecule has 0 radical (unpaired) electrons. The van der Waals surface area contributed by atoms with E-state index >= 15 is 0 Å². The molecule has 1 aromatic heterocycles. The second kappa shape index (κ2) is 7.25. The first-order valence-electron chi connectivity index (χ1n) is 7.22. The minimum absolute atomic E-state index is 0.0678. The van der Waals surface area contributed by atoms with Gasteiger partial charge in [0.15, 0.2) is 0 Å². The Morgan fingerprint density at radius 2 is 2.16 bits per heavy atom. The van der Waals surface area contributed by atoms with Gasteiger partial charge in [0.05, 0.1) is 11.8 Å². The van der Waals surface area contributed by atoms with Crippen molar-refractivity contribution in [3.8, 4) is 0 Å². The molecule has 1 heterocycles. The number of nitrogens with zero attached hydrogens (tertiary/aromatic N) is 1. The number of aryl methyl sites for hydroxylation is 1. The van der Waals surface area contributed by atoms with Crippen LogP contribution in [0.5, 0.6) is 0 Å². The Balaban J connectivity index is 1.70. The number of aromatic nitrogens is 1. The van der Waals surface area contributed by atoms with Gasteiger partial charge in [-0.15, -0.1) is 0 Å². The van der Waals surface area contributed by atoms with Gasteiger partial charge in [0.25, 0.3) is 0 Å². The molecule has 3 nitrogen and oxygen atoms in total. The van der Waals surface area contributed by atoms with Crippen LogP contribution in [0.2, 0.25) is 0 Å². The highest BCUT2D eigenvalue weighted by molar-refractivity contribution is 9.10. The third-order valence-corrected chi connectivity index (χ3v) is 4.79. The SMILES string of the molecule is Cc1nc(NCCCC2CCCCC2O)ccc1Br. The van der Waals surface area contributed by atoms with Crippen LogP contribution in [0.15, 0.2) is 16.6 Å². The summed E-state index contributed by atoms with van der Waals surface area (Å²) >= 11 is 3.45. The molecule has 2 N–H and O–H groups in total. The van der Waals surface area contributed by atoms with E-state index < -0.39 is 0 Å². The first-order valence-corrected chi connectivity index (χ1v) is 8.01. The lowest BCUT2D eigenvalue weighted by Crippen LogP contribution is -2.24. The van der Waals surface area contributed by atoms with Crippen molar-refractivity contribution in [2.45, 2.75) is 51.6 Å². The number of rotatable bonds is 5. The third kappa shape index (κ3) is 4.46. The van der Waals surface area contributed by atoms with Gasteiger partial charge in [-0.3, -0.25) is 0 Å². The summed E-state index contributed by atoms with van der Waals surface area (Å²) in [6, 6.07) is 4.02. The molecule has 1 fully saturated rings. The molecular weight excluding hydrogens is 304 g/mol. The smallest absolute Gasteiger partial charge is 0.126 e. The molecule has 0 aromatic carbocycles. The molecule has 0 bridgehead atoms. The summed E-state index contributed by atoms with van der Waals surface area (Å²) < 4.78 is 1.04. The predicted molar refractivity (Wildman–Crippen MR) is 82.4 cm³/mol. The molecule has 1 aromatic rings. The van der Waals surface area contributed by atoms with Crippen molar-refractivity contribution < 1.29 is 5.11 Å². The largest absolute Gasteiger partial charge is 0.393 e. The monoisotopic (exact) mass is 326 g/mol. The van der Waals surface area contributed by atoms with Crippen molar-refractivity contribution in [3.63, 3.8) is 0 Å². The molecule has 1 saturated carbocycles. The van der Waals surface area contributed by atoms with E-state index in [-0.39, 0.29) is 6.10 Å². The van der Waals surface area contributed by atoms with Crippen LogP contribution in [0, 0.1) is 12.8 Å². The van der Waals surface area contributed by atoms with Crippen LogP contribution in [0.4, 0.5) is 5.82 Å². The van der Waals surface area contributed by atoms with E-state index in [9.17, 15) is 5.11 Å².